The van der Waals surface area contributed by atoms with E-state index < -0.39 is 17.9 Å². The van der Waals surface area contributed by atoms with Crippen molar-refractivity contribution in [2.24, 2.45) is 0 Å². The van der Waals surface area contributed by atoms with Gasteiger partial charge in [-0.15, -0.1) is 0 Å². The van der Waals surface area contributed by atoms with Gasteiger partial charge >= 0.3 is 5.97 Å². The van der Waals surface area contributed by atoms with Gasteiger partial charge in [-0.05, 0) is 37.5 Å². The zero-order chi connectivity index (χ0) is 16.3. The summed E-state index contributed by atoms with van der Waals surface area (Å²) in [6, 6.07) is 3.07. The van der Waals surface area contributed by atoms with E-state index in [1.54, 1.807) is 0 Å². The van der Waals surface area contributed by atoms with E-state index >= 15 is 0 Å². The van der Waals surface area contributed by atoms with Crippen LogP contribution in [0.5, 0.6) is 5.75 Å². The number of nitrogens with one attached hydrogen (secondary N) is 1. The molecule has 1 aliphatic heterocycles. The largest absolute Gasteiger partial charge is 0.492 e. The topological polar surface area (TPSA) is 75.6 Å². The number of benzene rings is 1. The smallest absolute Gasteiger partial charge is 0.326 e. The summed E-state index contributed by atoms with van der Waals surface area (Å²) in [6.07, 6.45) is 2.12. The molecule has 0 aliphatic carbocycles. The molecule has 0 saturated heterocycles. The van der Waals surface area contributed by atoms with Crippen molar-refractivity contribution < 1.29 is 19.4 Å². The highest BCUT2D eigenvalue weighted by molar-refractivity contribution is 5.89. The molecule has 5 heteroatoms. The number of rotatable bonds is 6. The zero-order valence-corrected chi connectivity index (χ0v) is 13.3. The minimum atomic E-state index is -0.985. The van der Waals surface area contributed by atoms with Crippen molar-refractivity contribution in [2.45, 2.75) is 52.0 Å². The third-order valence-corrected chi connectivity index (χ3v) is 4.18. The number of hydrogen-bond acceptors (Lipinski definition) is 3. The van der Waals surface area contributed by atoms with Gasteiger partial charge in [0.25, 0.3) is 0 Å². The van der Waals surface area contributed by atoms with Gasteiger partial charge in [-0.3, -0.25) is 4.79 Å². The average Bonchev–Trinajstić information content (AvgIpc) is 2.86. The van der Waals surface area contributed by atoms with Crippen molar-refractivity contribution in [3.05, 3.63) is 28.8 Å². The van der Waals surface area contributed by atoms with Gasteiger partial charge < -0.3 is 15.2 Å². The molecule has 1 aromatic carbocycles. The molecule has 1 heterocycles. The third kappa shape index (κ3) is 3.40. The Morgan fingerprint density at radius 3 is 2.68 bits per heavy atom. The summed E-state index contributed by atoms with van der Waals surface area (Å²) in [4.78, 5) is 23.7. The van der Waals surface area contributed by atoms with Gasteiger partial charge in [0, 0.05) is 5.56 Å². The Bertz CT molecular complexity index is 582. The predicted molar refractivity (Wildman–Crippen MR) is 83.2 cm³/mol. The molecule has 2 unspecified atom stereocenters. The van der Waals surface area contributed by atoms with Crippen molar-refractivity contribution >= 4 is 11.9 Å². The first-order chi connectivity index (χ1) is 10.4. The van der Waals surface area contributed by atoms with Crippen LogP contribution in [0.4, 0.5) is 0 Å². The lowest BCUT2D eigenvalue weighted by molar-refractivity contribution is -0.142. The van der Waals surface area contributed by atoms with Crippen LogP contribution in [0, 0.1) is 13.8 Å². The van der Waals surface area contributed by atoms with E-state index in [0.29, 0.717) is 6.42 Å². The standard InChI is InChI=1S/C17H23NO4/c1-4-5-6-14(17(20)21)18-16(19)13-9-22-15-8-11(3)10(2)7-12(13)15/h7-8,13-14H,4-6,9H2,1-3H3,(H,18,19)(H,20,21). The van der Waals surface area contributed by atoms with Crippen LogP contribution >= 0.6 is 0 Å². The van der Waals surface area contributed by atoms with Crippen LogP contribution in [0.25, 0.3) is 0 Å². The highest BCUT2D eigenvalue weighted by Crippen LogP contribution is 2.36. The van der Waals surface area contributed by atoms with E-state index in [2.05, 4.69) is 5.32 Å². The minimum absolute atomic E-state index is 0.268. The number of aliphatic carboxylic acids is 1. The van der Waals surface area contributed by atoms with Crippen LogP contribution in [0.15, 0.2) is 12.1 Å². The van der Waals surface area contributed by atoms with Crippen molar-refractivity contribution in [1.82, 2.24) is 5.32 Å². The zero-order valence-electron chi connectivity index (χ0n) is 13.3. The van der Waals surface area contributed by atoms with Crippen molar-refractivity contribution in [2.75, 3.05) is 6.61 Å². The summed E-state index contributed by atoms with van der Waals surface area (Å²) in [5.74, 6) is -0.965. The number of amides is 1. The molecule has 2 atom stereocenters. The fraction of sp³-hybridized carbons (Fsp3) is 0.529. The Kier molecular flexibility index (Phi) is 5.06. The molecule has 0 spiro atoms. The Balaban J connectivity index is 2.12. The van der Waals surface area contributed by atoms with Crippen LogP contribution in [0.1, 0.15) is 48.8 Å². The molecule has 0 bridgehead atoms. The summed E-state index contributed by atoms with van der Waals surface area (Å²) >= 11 is 0. The van der Waals surface area contributed by atoms with Crippen LogP contribution in [-0.2, 0) is 9.59 Å². The molecule has 1 aliphatic rings. The second-order valence-electron chi connectivity index (χ2n) is 5.88. The van der Waals surface area contributed by atoms with Gasteiger partial charge in [0.1, 0.15) is 24.3 Å². The van der Waals surface area contributed by atoms with E-state index in [1.165, 1.54) is 0 Å². The summed E-state index contributed by atoms with van der Waals surface area (Å²) < 4.78 is 5.58. The maximum atomic E-state index is 12.4. The Labute approximate surface area is 130 Å². The first-order valence-electron chi connectivity index (χ1n) is 7.71. The predicted octanol–water partition coefficient (Wildman–Crippen LogP) is 2.54. The third-order valence-electron chi connectivity index (χ3n) is 4.18. The van der Waals surface area contributed by atoms with Crippen LogP contribution in [-0.4, -0.2) is 29.6 Å². The Morgan fingerprint density at radius 2 is 2.05 bits per heavy atom. The SMILES string of the molecule is CCCCC(NC(=O)C1COc2cc(C)c(C)cc21)C(=O)O. The molecule has 2 rings (SSSR count). The van der Waals surface area contributed by atoms with Crippen molar-refractivity contribution in [3.63, 3.8) is 0 Å². The average molecular weight is 305 g/mol. The fourth-order valence-corrected chi connectivity index (χ4v) is 2.63. The highest BCUT2D eigenvalue weighted by atomic mass is 16.5. The number of hydrogen-bond donors (Lipinski definition) is 2. The molecule has 0 saturated carbocycles. The summed E-state index contributed by atoms with van der Waals surface area (Å²) in [5.41, 5.74) is 3.06. The van der Waals surface area contributed by atoms with Crippen LogP contribution in [0.2, 0.25) is 0 Å². The molecule has 2 N–H and O–H groups in total. The number of carbonyl (C=O) groups is 2. The van der Waals surface area contributed by atoms with Crippen LogP contribution in [0.3, 0.4) is 0 Å². The van der Waals surface area contributed by atoms with Crippen molar-refractivity contribution in [1.29, 1.82) is 0 Å². The maximum absolute atomic E-state index is 12.4. The minimum Gasteiger partial charge on any atom is -0.492 e. The summed E-state index contributed by atoms with van der Waals surface area (Å²) in [6.45, 7) is 6.25. The molecule has 120 valence electrons. The molecule has 1 amide bonds. The van der Waals surface area contributed by atoms with E-state index in [-0.39, 0.29) is 12.5 Å². The molecule has 22 heavy (non-hydrogen) atoms. The molecular weight excluding hydrogens is 282 g/mol. The number of unbranched alkanes of at least 4 members (excludes halogenated alkanes) is 1. The summed E-state index contributed by atoms with van der Waals surface area (Å²) in [7, 11) is 0. The van der Waals surface area contributed by atoms with Gasteiger partial charge in [0.2, 0.25) is 5.91 Å². The van der Waals surface area contributed by atoms with Gasteiger partial charge in [-0.25, -0.2) is 4.79 Å². The molecule has 0 fully saturated rings. The second-order valence-corrected chi connectivity index (χ2v) is 5.88. The number of ether oxygens (including phenoxy) is 1. The van der Waals surface area contributed by atoms with E-state index in [1.807, 2.05) is 32.9 Å². The molecule has 0 radical (unpaired) electrons. The van der Waals surface area contributed by atoms with Crippen molar-refractivity contribution in [3.8, 4) is 5.75 Å². The number of carboxylic acids is 1. The number of carboxylic acid groups (broad SMARTS) is 1. The first kappa shape index (κ1) is 16.3. The van der Waals surface area contributed by atoms with Gasteiger partial charge in [0.15, 0.2) is 0 Å². The number of aryl methyl sites for hydroxylation is 2. The quantitative estimate of drug-likeness (QED) is 0.847. The highest BCUT2D eigenvalue weighted by Gasteiger charge is 2.33. The monoisotopic (exact) mass is 305 g/mol. The van der Waals surface area contributed by atoms with E-state index in [4.69, 9.17) is 4.74 Å². The second kappa shape index (κ2) is 6.81. The molecule has 1 aromatic rings. The normalized spacial score (nSPS) is 17.5. The summed E-state index contributed by atoms with van der Waals surface area (Å²) in [5, 5.41) is 11.9. The van der Waals surface area contributed by atoms with E-state index in [9.17, 15) is 14.7 Å². The number of fused-ring (bicyclic) bond motifs is 1. The fourth-order valence-electron chi connectivity index (χ4n) is 2.63. The molecule has 5 nitrogen and oxygen atoms in total. The number of carbonyl (C=O) groups excluding carboxylic acids is 1. The van der Waals surface area contributed by atoms with Gasteiger partial charge in [-0.1, -0.05) is 25.8 Å². The lowest BCUT2D eigenvalue weighted by Crippen LogP contribution is -2.43. The van der Waals surface area contributed by atoms with Gasteiger partial charge in [0.05, 0.1) is 0 Å². The molecular formula is C17H23NO4. The Morgan fingerprint density at radius 1 is 1.36 bits per heavy atom. The molecule has 0 aromatic heterocycles. The first-order valence-corrected chi connectivity index (χ1v) is 7.71. The Hall–Kier alpha value is -2.04. The van der Waals surface area contributed by atoms with E-state index in [0.717, 1.165) is 35.3 Å². The lowest BCUT2D eigenvalue weighted by Gasteiger charge is -2.17. The lowest BCUT2D eigenvalue weighted by atomic mass is 9.96. The maximum Gasteiger partial charge on any atom is 0.326 e. The van der Waals surface area contributed by atoms with Gasteiger partial charge in [-0.2, -0.15) is 0 Å². The van der Waals surface area contributed by atoms with Crippen LogP contribution < -0.4 is 10.1 Å².